The summed E-state index contributed by atoms with van der Waals surface area (Å²) in [6.45, 7) is 4.78. The number of hydrogen-bond acceptors (Lipinski definition) is 4. The first-order valence-corrected chi connectivity index (χ1v) is 10.3. The van der Waals surface area contributed by atoms with Crippen LogP contribution in [0.1, 0.15) is 20.3 Å². The normalized spacial score (nSPS) is 11.1. The van der Waals surface area contributed by atoms with Gasteiger partial charge in [0.15, 0.2) is 11.0 Å². The molecule has 0 bridgehead atoms. The van der Waals surface area contributed by atoms with Crippen molar-refractivity contribution in [1.82, 2.24) is 20.1 Å². The van der Waals surface area contributed by atoms with Gasteiger partial charge in [0.05, 0.1) is 11.4 Å². The van der Waals surface area contributed by atoms with E-state index in [1.807, 2.05) is 30.3 Å². The van der Waals surface area contributed by atoms with Gasteiger partial charge in [-0.2, -0.15) is 0 Å². The Hall–Kier alpha value is -2.74. The van der Waals surface area contributed by atoms with Gasteiger partial charge in [-0.05, 0) is 24.5 Å². The Kier molecular flexibility index (Phi) is 6.98. The van der Waals surface area contributed by atoms with E-state index < -0.39 is 11.6 Å². The molecule has 5 nitrogen and oxygen atoms in total. The molecule has 1 N–H and O–H groups in total. The second kappa shape index (κ2) is 9.65. The van der Waals surface area contributed by atoms with Crippen LogP contribution < -0.4 is 5.32 Å². The lowest BCUT2D eigenvalue weighted by atomic mass is 10.1. The topological polar surface area (TPSA) is 59.8 Å². The summed E-state index contributed by atoms with van der Waals surface area (Å²) in [4.78, 5) is 12.1. The third-order valence-electron chi connectivity index (χ3n) is 4.19. The molecule has 1 amide bonds. The Morgan fingerprint density at radius 2 is 1.90 bits per heavy atom. The molecule has 3 aromatic rings. The highest BCUT2D eigenvalue weighted by atomic mass is 32.2. The van der Waals surface area contributed by atoms with Gasteiger partial charge in [-0.3, -0.25) is 9.36 Å². The van der Waals surface area contributed by atoms with Gasteiger partial charge >= 0.3 is 0 Å². The molecular weight excluding hydrogens is 394 g/mol. The van der Waals surface area contributed by atoms with Crippen molar-refractivity contribution in [1.29, 1.82) is 0 Å². The Morgan fingerprint density at radius 3 is 2.59 bits per heavy atom. The number of benzene rings is 2. The predicted octanol–water partition coefficient (Wildman–Crippen LogP) is 4.47. The Labute approximate surface area is 172 Å². The smallest absolute Gasteiger partial charge is 0.230 e. The second-order valence-corrected chi connectivity index (χ2v) is 7.87. The van der Waals surface area contributed by atoms with Crippen LogP contribution in [-0.2, 0) is 4.79 Å². The number of thioether (sulfide) groups is 1. The lowest BCUT2D eigenvalue weighted by Gasteiger charge is -2.11. The summed E-state index contributed by atoms with van der Waals surface area (Å²) in [5, 5.41) is 11.6. The minimum absolute atomic E-state index is 0.119. The first-order chi connectivity index (χ1) is 14.0. The molecule has 0 radical (unpaired) electrons. The van der Waals surface area contributed by atoms with E-state index in [2.05, 4.69) is 29.4 Å². The van der Waals surface area contributed by atoms with Crippen molar-refractivity contribution in [2.75, 3.05) is 12.3 Å². The first kappa shape index (κ1) is 21.0. The number of nitrogens with one attached hydrogen (secondary N) is 1. The van der Waals surface area contributed by atoms with E-state index in [-0.39, 0.29) is 17.3 Å². The van der Waals surface area contributed by atoms with Crippen LogP contribution >= 0.6 is 11.8 Å². The number of carbonyl (C=O) groups is 1. The van der Waals surface area contributed by atoms with Gasteiger partial charge < -0.3 is 5.32 Å². The molecule has 8 heteroatoms. The number of rotatable bonds is 8. The van der Waals surface area contributed by atoms with Crippen molar-refractivity contribution in [2.45, 2.75) is 25.4 Å². The molecule has 1 aromatic heterocycles. The van der Waals surface area contributed by atoms with Gasteiger partial charge in [-0.15, -0.1) is 10.2 Å². The van der Waals surface area contributed by atoms with Gasteiger partial charge in [0.2, 0.25) is 5.91 Å². The predicted molar refractivity (Wildman–Crippen MR) is 110 cm³/mol. The van der Waals surface area contributed by atoms with Crippen LogP contribution in [0, 0.1) is 17.6 Å². The standard InChI is InChI=1S/C21H22F2N4OS/c1-14(2)10-11-24-19(28)13-29-21-26-25-20(15-6-4-3-5-7-15)27(21)18-9-8-16(22)12-17(18)23/h3-9,12,14H,10-11,13H2,1-2H3,(H,24,28). The van der Waals surface area contributed by atoms with E-state index in [0.717, 1.165) is 29.8 Å². The van der Waals surface area contributed by atoms with E-state index in [4.69, 9.17) is 0 Å². The minimum Gasteiger partial charge on any atom is -0.355 e. The SMILES string of the molecule is CC(C)CCNC(=O)CSc1nnc(-c2ccccc2)n1-c1ccc(F)cc1F. The van der Waals surface area contributed by atoms with Crippen molar-refractivity contribution in [2.24, 2.45) is 5.92 Å². The highest BCUT2D eigenvalue weighted by molar-refractivity contribution is 7.99. The highest BCUT2D eigenvalue weighted by Gasteiger charge is 2.20. The van der Waals surface area contributed by atoms with E-state index in [9.17, 15) is 13.6 Å². The first-order valence-electron chi connectivity index (χ1n) is 9.31. The van der Waals surface area contributed by atoms with Crippen molar-refractivity contribution in [3.8, 4) is 17.1 Å². The van der Waals surface area contributed by atoms with Gasteiger partial charge in [0.1, 0.15) is 11.6 Å². The number of aromatic nitrogens is 3. The molecule has 0 spiro atoms. The molecule has 29 heavy (non-hydrogen) atoms. The highest BCUT2D eigenvalue weighted by Crippen LogP contribution is 2.29. The fourth-order valence-corrected chi connectivity index (χ4v) is 3.47. The molecule has 0 aliphatic rings. The maximum atomic E-state index is 14.5. The molecule has 1 heterocycles. The lowest BCUT2D eigenvalue weighted by molar-refractivity contribution is -0.118. The van der Waals surface area contributed by atoms with Crippen LogP contribution in [0.25, 0.3) is 17.1 Å². The summed E-state index contributed by atoms with van der Waals surface area (Å²) in [5.41, 5.74) is 0.856. The molecule has 0 unspecified atom stereocenters. The molecular formula is C21H22F2N4OS. The fourth-order valence-electron chi connectivity index (χ4n) is 2.70. The maximum absolute atomic E-state index is 14.5. The molecule has 0 aliphatic carbocycles. The van der Waals surface area contributed by atoms with Crippen LogP contribution in [0.3, 0.4) is 0 Å². The Morgan fingerprint density at radius 1 is 1.14 bits per heavy atom. The number of amides is 1. The number of nitrogens with zero attached hydrogens (tertiary/aromatic N) is 3. The Balaban J connectivity index is 1.88. The van der Waals surface area contributed by atoms with Crippen LogP contribution in [0.4, 0.5) is 8.78 Å². The second-order valence-electron chi connectivity index (χ2n) is 6.92. The molecule has 0 fully saturated rings. The average molecular weight is 416 g/mol. The zero-order chi connectivity index (χ0) is 20.8. The van der Waals surface area contributed by atoms with Gasteiger partial charge in [0, 0.05) is 18.2 Å². The van der Waals surface area contributed by atoms with E-state index >= 15 is 0 Å². The third kappa shape index (κ3) is 5.41. The summed E-state index contributed by atoms with van der Waals surface area (Å²) in [7, 11) is 0. The molecule has 0 aliphatic heterocycles. The van der Waals surface area contributed by atoms with Gasteiger partial charge in [-0.25, -0.2) is 8.78 Å². The van der Waals surface area contributed by atoms with Gasteiger partial charge in [0.25, 0.3) is 0 Å². The van der Waals surface area contributed by atoms with Crippen LogP contribution in [-0.4, -0.2) is 33.0 Å². The zero-order valence-corrected chi connectivity index (χ0v) is 17.0. The average Bonchev–Trinajstić information content (AvgIpc) is 3.10. The zero-order valence-electron chi connectivity index (χ0n) is 16.2. The lowest BCUT2D eigenvalue weighted by Crippen LogP contribution is -2.27. The fraction of sp³-hybridized carbons (Fsp3) is 0.286. The molecule has 152 valence electrons. The molecule has 2 aromatic carbocycles. The summed E-state index contributed by atoms with van der Waals surface area (Å²) < 4.78 is 29.4. The molecule has 0 saturated heterocycles. The monoisotopic (exact) mass is 416 g/mol. The van der Waals surface area contributed by atoms with Crippen LogP contribution in [0.15, 0.2) is 53.7 Å². The van der Waals surface area contributed by atoms with Crippen LogP contribution in [0.2, 0.25) is 0 Å². The van der Waals surface area contributed by atoms with Crippen LogP contribution in [0.5, 0.6) is 0 Å². The summed E-state index contributed by atoms with van der Waals surface area (Å²) in [5.74, 6) is -0.497. The van der Waals surface area contributed by atoms with Gasteiger partial charge in [-0.1, -0.05) is 55.9 Å². The summed E-state index contributed by atoms with van der Waals surface area (Å²) in [6.07, 6.45) is 0.894. The van der Waals surface area contributed by atoms with E-state index in [1.54, 1.807) is 0 Å². The van der Waals surface area contributed by atoms with Crippen molar-refractivity contribution in [3.63, 3.8) is 0 Å². The number of carbonyl (C=O) groups excluding carboxylic acids is 1. The van der Waals surface area contributed by atoms with Crippen molar-refractivity contribution < 1.29 is 13.6 Å². The number of hydrogen-bond donors (Lipinski definition) is 1. The molecule has 0 saturated carbocycles. The summed E-state index contributed by atoms with van der Waals surface area (Å²) >= 11 is 1.15. The van der Waals surface area contributed by atoms with Crippen molar-refractivity contribution in [3.05, 3.63) is 60.2 Å². The Bertz CT molecular complexity index is 976. The quantitative estimate of drug-likeness (QED) is 0.551. The molecule has 0 atom stereocenters. The summed E-state index contributed by atoms with van der Waals surface area (Å²) in [6, 6.07) is 12.5. The minimum atomic E-state index is -0.731. The molecule has 3 rings (SSSR count). The largest absolute Gasteiger partial charge is 0.355 e. The van der Waals surface area contributed by atoms with Crippen molar-refractivity contribution >= 4 is 17.7 Å². The number of halogens is 2. The third-order valence-corrected chi connectivity index (χ3v) is 5.12. The van der Waals surface area contributed by atoms with E-state index in [1.165, 1.54) is 16.7 Å². The van der Waals surface area contributed by atoms with E-state index in [0.29, 0.717) is 23.4 Å². The maximum Gasteiger partial charge on any atom is 0.230 e.